The van der Waals surface area contributed by atoms with E-state index in [0.29, 0.717) is 12.1 Å². The Labute approximate surface area is 266 Å². The van der Waals surface area contributed by atoms with Crippen LogP contribution in [0.15, 0.2) is 60.9 Å². The van der Waals surface area contributed by atoms with Crippen molar-refractivity contribution in [2.75, 3.05) is 7.05 Å². The minimum absolute atomic E-state index is 0.0208. The number of nitrogens with zero attached hydrogens (tertiary/aromatic N) is 1. The molecule has 2 heterocycles. The summed E-state index contributed by atoms with van der Waals surface area (Å²) in [5.41, 5.74) is 14.4. The summed E-state index contributed by atoms with van der Waals surface area (Å²) in [5, 5.41) is 17.2. The summed E-state index contributed by atoms with van der Waals surface area (Å²) in [5.74, 6) is -4.26. The lowest BCUT2D eigenvalue weighted by atomic mass is 10.0. The van der Waals surface area contributed by atoms with Crippen molar-refractivity contribution < 1.29 is 29.1 Å². The molecule has 0 spiro atoms. The molecule has 2 aromatic heterocycles. The second kappa shape index (κ2) is 15.2. The van der Waals surface area contributed by atoms with Crippen LogP contribution < -0.4 is 22.1 Å². The molecule has 13 heteroatoms. The fourth-order valence-electron chi connectivity index (χ4n) is 5.60. The zero-order valence-corrected chi connectivity index (χ0v) is 25.9. The lowest BCUT2D eigenvalue weighted by Gasteiger charge is -2.31. The van der Waals surface area contributed by atoms with Gasteiger partial charge in [0.05, 0.1) is 12.5 Å². The number of fused-ring (bicyclic) bond motifs is 2. The number of unbranched alkanes of at least 4 members (excludes halogenated alkanes) is 1. The van der Waals surface area contributed by atoms with Crippen molar-refractivity contribution in [3.05, 3.63) is 72.2 Å². The number of carboxylic acids is 1. The number of amides is 4. The van der Waals surface area contributed by atoms with E-state index >= 15 is 0 Å². The maximum Gasteiger partial charge on any atom is 0.305 e. The molecule has 4 rings (SSSR count). The second-order valence-electron chi connectivity index (χ2n) is 11.5. The van der Waals surface area contributed by atoms with Crippen molar-refractivity contribution in [1.82, 2.24) is 25.5 Å². The van der Waals surface area contributed by atoms with Crippen LogP contribution in [0.3, 0.4) is 0 Å². The number of nitrogens with two attached hydrogens (primary N) is 2. The highest BCUT2D eigenvalue weighted by molar-refractivity contribution is 5.96. The first kappa shape index (κ1) is 33.7. The highest BCUT2D eigenvalue weighted by atomic mass is 16.4. The molecule has 0 saturated heterocycles. The van der Waals surface area contributed by atoms with E-state index in [9.17, 15) is 29.1 Å². The van der Waals surface area contributed by atoms with Crippen LogP contribution in [0, 0.1) is 0 Å². The van der Waals surface area contributed by atoms with Crippen molar-refractivity contribution in [1.29, 1.82) is 0 Å². The number of carbonyl (C=O) groups is 5. The summed E-state index contributed by atoms with van der Waals surface area (Å²) in [6, 6.07) is 10.4. The molecule has 2 aromatic carbocycles. The molecular formula is C33H41N7O6. The van der Waals surface area contributed by atoms with Crippen LogP contribution in [0.2, 0.25) is 0 Å². The molecule has 0 unspecified atom stereocenters. The standard InChI is InChI=1S/C33H41N7O6/c1-3-4-13-28(40(2)33(46)23(34)14-20-18-36-24-12-8-7-11-22(20)24)32(45)39-27(16-29(41)42)31(44)38-26(30(35)43)15-25-21-10-6-5-9-19(21)17-37-25/h5-12,17-18,23,26-28,36-37H,3-4,13-16,34H2,1-2H3,(H2,35,43)(H,38,44)(H,39,45)(H,41,42)/t23-,26-,27-,28-/m0/s1. The number of hydrogen-bond acceptors (Lipinski definition) is 6. The van der Waals surface area contributed by atoms with E-state index in [4.69, 9.17) is 11.5 Å². The fourth-order valence-corrected chi connectivity index (χ4v) is 5.60. The van der Waals surface area contributed by atoms with Gasteiger partial charge in [-0.1, -0.05) is 62.2 Å². The smallest absolute Gasteiger partial charge is 0.305 e. The van der Waals surface area contributed by atoms with E-state index in [1.807, 2.05) is 55.5 Å². The Morgan fingerprint density at radius 1 is 0.891 bits per heavy atom. The van der Waals surface area contributed by atoms with Crippen LogP contribution in [-0.2, 0) is 36.8 Å². The van der Waals surface area contributed by atoms with E-state index < -0.39 is 60.2 Å². The number of aromatic nitrogens is 2. The maximum absolute atomic E-state index is 13.6. The van der Waals surface area contributed by atoms with E-state index in [-0.39, 0.29) is 19.3 Å². The largest absolute Gasteiger partial charge is 0.481 e. The molecule has 9 N–H and O–H groups in total. The Kier molecular flexibility index (Phi) is 11.2. The third-order valence-corrected chi connectivity index (χ3v) is 8.15. The Morgan fingerprint density at radius 2 is 1.57 bits per heavy atom. The van der Waals surface area contributed by atoms with Crippen molar-refractivity contribution in [3.63, 3.8) is 0 Å². The number of aromatic amines is 2. The summed E-state index contributed by atoms with van der Waals surface area (Å²) in [6.07, 6.45) is 4.61. The Balaban J connectivity index is 1.47. The van der Waals surface area contributed by atoms with Crippen LogP contribution in [0.4, 0.5) is 0 Å². The van der Waals surface area contributed by atoms with Crippen LogP contribution in [-0.4, -0.2) is 80.8 Å². The molecule has 0 radical (unpaired) electrons. The van der Waals surface area contributed by atoms with Gasteiger partial charge in [-0.3, -0.25) is 24.0 Å². The van der Waals surface area contributed by atoms with Gasteiger partial charge in [-0.05, 0) is 29.9 Å². The quantitative estimate of drug-likeness (QED) is 0.0970. The number of benzene rings is 2. The van der Waals surface area contributed by atoms with Crippen molar-refractivity contribution >= 4 is 51.3 Å². The van der Waals surface area contributed by atoms with E-state index in [0.717, 1.165) is 33.7 Å². The third-order valence-electron chi connectivity index (χ3n) is 8.15. The molecule has 0 aliphatic heterocycles. The predicted molar refractivity (Wildman–Crippen MR) is 173 cm³/mol. The molecule has 0 saturated carbocycles. The maximum atomic E-state index is 13.6. The zero-order valence-electron chi connectivity index (χ0n) is 25.9. The van der Waals surface area contributed by atoms with Crippen LogP contribution in [0.25, 0.3) is 21.7 Å². The van der Waals surface area contributed by atoms with Crippen LogP contribution in [0.1, 0.15) is 43.9 Å². The van der Waals surface area contributed by atoms with Gasteiger partial charge < -0.3 is 42.1 Å². The number of hydrogen-bond donors (Lipinski definition) is 7. The van der Waals surface area contributed by atoms with Gasteiger partial charge in [0.25, 0.3) is 0 Å². The van der Waals surface area contributed by atoms with Gasteiger partial charge in [0.15, 0.2) is 0 Å². The monoisotopic (exact) mass is 631 g/mol. The van der Waals surface area contributed by atoms with Crippen molar-refractivity contribution in [3.8, 4) is 0 Å². The molecule has 4 atom stereocenters. The summed E-state index contributed by atoms with van der Waals surface area (Å²) in [4.78, 5) is 72.0. The summed E-state index contributed by atoms with van der Waals surface area (Å²) < 4.78 is 0. The average molecular weight is 632 g/mol. The number of para-hydroxylation sites is 1. The molecule has 4 aromatic rings. The molecule has 4 amide bonds. The predicted octanol–water partition coefficient (Wildman–Crippen LogP) is 1.71. The third kappa shape index (κ3) is 8.10. The molecule has 244 valence electrons. The molecule has 13 nitrogen and oxygen atoms in total. The number of rotatable bonds is 16. The minimum atomic E-state index is -1.54. The van der Waals surface area contributed by atoms with Gasteiger partial charge in [0.2, 0.25) is 23.6 Å². The lowest BCUT2D eigenvalue weighted by Crippen LogP contribution is -2.58. The first-order valence-corrected chi connectivity index (χ1v) is 15.2. The number of H-pyrrole nitrogens is 2. The van der Waals surface area contributed by atoms with E-state index in [1.165, 1.54) is 11.9 Å². The van der Waals surface area contributed by atoms with E-state index in [1.54, 1.807) is 12.4 Å². The number of carboxylic acid groups (broad SMARTS) is 1. The Hall–Kier alpha value is -5.17. The first-order valence-electron chi connectivity index (χ1n) is 15.2. The second-order valence-corrected chi connectivity index (χ2v) is 11.5. The van der Waals surface area contributed by atoms with E-state index in [2.05, 4.69) is 20.6 Å². The minimum Gasteiger partial charge on any atom is -0.481 e. The van der Waals surface area contributed by atoms with Gasteiger partial charge in [-0.25, -0.2) is 0 Å². The Bertz CT molecular complexity index is 1710. The zero-order chi connectivity index (χ0) is 33.4. The van der Waals surface area contributed by atoms with Gasteiger partial charge >= 0.3 is 5.97 Å². The SMILES string of the molecule is CCCC[C@@H](C(=O)N[C@@H](CC(=O)O)C(=O)N[C@@H](Cc1[nH]cc2ccccc12)C(N)=O)N(C)C(=O)[C@@H](N)Cc1c[nH]c2ccccc12. The molecular weight excluding hydrogens is 590 g/mol. The van der Waals surface area contributed by atoms with Crippen molar-refractivity contribution in [2.45, 2.75) is 69.6 Å². The average Bonchev–Trinajstić information content (AvgIpc) is 3.63. The first-order chi connectivity index (χ1) is 22.0. The fraction of sp³-hybridized carbons (Fsp3) is 0.364. The van der Waals surface area contributed by atoms with Gasteiger partial charge in [-0.2, -0.15) is 0 Å². The normalized spacial score (nSPS) is 13.9. The molecule has 0 aliphatic carbocycles. The lowest BCUT2D eigenvalue weighted by molar-refractivity contribution is -0.143. The Morgan fingerprint density at radius 3 is 2.26 bits per heavy atom. The van der Waals surface area contributed by atoms with Gasteiger partial charge in [-0.15, -0.1) is 0 Å². The number of carbonyl (C=O) groups excluding carboxylic acids is 4. The van der Waals surface area contributed by atoms with Crippen LogP contribution >= 0.6 is 0 Å². The van der Waals surface area contributed by atoms with Gasteiger partial charge in [0.1, 0.15) is 18.1 Å². The highest BCUT2D eigenvalue weighted by Gasteiger charge is 2.34. The number of likely N-dealkylation sites (N-methyl/N-ethyl adjacent to an activating group) is 1. The summed E-state index contributed by atoms with van der Waals surface area (Å²) >= 11 is 0. The van der Waals surface area contributed by atoms with Gasteiger partial charge in [0, 0.05) is 47.8 Å². The molecule has 0 bridgehead atoms. The number of aliphatic carboxylic acids is 1. The summed E-state index contributed by atoms with van der Waals surface area (Å²) in [7, 11) is 1.47. The van der Waals surface area contributed by atoms with Crippen molar-refractivity contribution in [2.24, 2.45) is 11.5 Å². The molecule has 46 heavy (non-hydrogen) atoms. The van der Waals surface area contributed by atoms with Crippen LogP contribution in [0.5, 0.6) is 0 Å². The summed E-state index contributed by atoms with van der Waals surface area (Å²) in [6.45, 7) is 1.93. The molecule has 0 fully saturated rings. The number of primary amides is 1. The highest BCUT2D eigenvalue weighted by Crippen LogP contribution is 2.21. The number of nitrogens with one attached hydrogen (secondary N) is 4. The topological polar surface area (TPSA) is 216 Å². The molecule has 0 aliphatic rings.